The summed E-state index contributed by atoms with van der Waals surface area (Å²) < 4.78 is 2.11. The summed E-state index contributed by atoms with van der Waals surface area (Å²) in [6.07, 6.45) is 4.42. The minimum absolute atomic E-state index is 0.717. The van der Waals surface area contributed by atoms with Crippen LogP contribution in [0.15, 0.2) is 24.5 Å². The van der Waals surface area contributed by atoms with Gasteiger partial charge in [0, 0.05) is 25.7 Å². The Hall–Kier alpha value is -1.95. The van der Waals surface area contributed by atoms with E-state index in [1.54, 1.807) is 6.33 Å². The molecule has 0 spiro atoms. The third-order valence-corrected chi connectivity index (χ3v) is 3.90. The van der Waals surface area contributed by atoms with Crippen LogP contribution in [0.4, 0.5) is 5.82 Å². The van der Waals surface area contributed by atoms with Crippen LogP contribution in [0, 0.1) is 0 Å². The minimum atomic E-state index is 0.717. The third kappa shape index (κ3) is 2.38. The van der Waals surface area contributed by atoms with Crippen molar-refractivity contribution >= 4 is 5.82 Å². The molecule has 20 heavy (non-hydrogen) atoms. The maximum absolute atomic E-state index is 4.76. The van der Waals surface area contributed by atoms with E-state index >= 15 is 0 Å². The number of anilines is 1. The summed E-state index contributed by atoms with van der Waals surface area (Å²) in [7, 11) is 0. The van der Waals surface area contributed by atoms with Gasteiger partial charge in [-0.15, -0.1) is 10.2 Å². The second-order valence-electron chi connectivity index (χ2n) is 5.50. The Labute approximate surface area is 117 Å². The average molecular weight is 270 g/mol. The van der Waals surface area contributed by atoms with E-state index in [1.807, 2.05) is 0 Å². The van der Waals surface area contributed by atoms with Gasteiger partial charge in [-0.05, 0) is 25.0 Å². The van der Waals surface area contributed by atoms with Crippen molar-refractivity contribution in [3.8, 4) is 0 Å². The van der Waals surface area contributed by atoms with Gasteiger partial charge in [0.15, 0.2) is 5.82 Å². The third-order valence-electron chi connectivity index (χ3n) is 3.90. The summed E-state index contributed by atoms with van der Waals surface area (Å²) in [5.41, 5.74) is 1.11. The van der Waals surface area contributed by atoms with Crippen LogP contribution in [-0.2, 0) is 19.6 Å². The average Bonchev–Trinajstić information content (AvgIpc) is 3.20. The van der Waals surface area contributed by atoms with Gasteiger partial charge in [-0.3, -0.25) is 0 Å². The molecule has 0 saturated heterocycles. The summed E-state index contributed by atoms with van der Waals surface area (Å²) in [6, 6.07) is 6.97. The Morgan fingerprint density at radius 2 is 2.20 bits per heavy atom. The monoisotopic (exact) mass is 270 g/mol. The number of nitrogens with one attached hydrogen (secondary N) is 1. The zero-order valence-electron chi connectivity index (χ0n) is 11.4. The van der Waals surface area contributed by atoms with Crippen molar-refractivity contribution in [2.45, 2.75) is 38.5 Å². The van der Waals surface area contributed by atoms with E-state index in [-0.39, 0.29) is 0 Å². The van der Waals surface area contributed by atoms with E-state index in [0.717, 1.165) is 43.5 Å². The summed E-state index contributed by atoms with van der Waals surface area (Å²) in [5.74, 6) is 2.05. The number of hydrogen-bond donors (Lipinski definition) is 1. The van der Waals surface area contributed by atoms with Crippen LogP contribution >= 0.6 is 0 Å². The molecule has 0 atom stereocenters. The Morgan fingerprint density at radius 1 is 1.25 bits per heavy atom. The maximum atomic E-state index is 4.76. The number of rotatable bonds is 4. The molecule has 1 aliphatic heterocycles. The lowest BCUT2D eigenvalue weighted by atomic mass is 10.3. The lowest BCUT2D eigenvalue weighted by molar-refractivity contribution is 0.555. The molecule has 2 aliphatic rings. The normalized spacial score (nSPS) is 18.1. The first-order chi connectivity index (χ1) is 9.88. The summed E-state index contributed by atoms with van der Waals surface area (Å²) >= 11 is 0. The quantitative estimate of drug-likeness (QED) is 0.896. The van der Waals surface area contributed by atoms with Crippen LogP contribution in [0.3, 0.4) is 0 Å². The van der Waals surface area contributed by atoms with Crippen LogP contribution in [0.5, 0.6) is 0 Å². The van der Waals surface area contributed by atoms with Crippen LogP contribution < -0.4 is 10.2 Å². The molecule has 0 bridgehead atoms. The van der Waals surface area contributed by atoms with Gasteiger partial charge in [-0.2, -0.15) is 0 Å². The van der Waals surface area contributed by atoms with Crippen molar-refractivity contribution in [1.82, 2.24) is 25.1 Å². The Kier molecular flexibility index (Phi) is 2.88. The smallest absolute Gasteiger partial charge is 0.152 e. The first-order valence-electron chi connectivity index (χ1n) is 7.19. The van der Waals surface area contributed by atoms with E-state index in [9.17, 15) is 0 Å². The highest BCUT2D eigenvalue weighted by molar-refractivity contribution is 5.40. The first kappa shape index (κ1) is 11.8. The largest absolute Gasteiger partial charge is 0.347 e. The van der Waals surface area contributed by atoms with Gasteiger partial charge in [0.1, 0.15) is 12.1 Å². The van der Waals surface area contributed by atoms with E-state index in [4.69, 9.17) is 4.98 Å². The van der Waals surface area contributed by atoms with Gasteiger partial charge >= 0.3 is 0 Å². The van der Waals surface area contributed by atoms with Crippen molar-refractivity contribution in [2.24, 2.45) is 0 Å². The molecule has 2 aromatic rings. The highest BCUT2D eigenvalue weighted by Crippen LogP contribution is 2.20. The fourth-order valence-electron chi connectivity index (χ4n) is 2.54. The SMILES string of the molecule is c1cc(CNC2CC2)nc(N2CCn3cnnc3C2)c1. The van der Waals surface area contributed by atoms with Crippen molar-refractivity contribution in [3.63, 3.8) is 0 Å². The first-order valence-corrected chi connectivity index (χ1v) is 7.19. The standard InChI is InChI=1S/C14H18N6/c1-2-12(8-15-11-4-5-11)17-13(3-1)19-6-7-20-10-16-18-14(20)9-19/h1-3,10-11,15H,4-9H2. The highest BCUT2D eigenvalue weighted by atomic mass is 15.3. The lowest BCUT2D eigenvalue weighted by Crippen LogP contribution is -2.34. The van der Waals surface area contributed by atoms with Crippen molar-refractivity contribution in [3.05, 3.63) is 36.0 Å². The summed E-state index contributed by atoms with van der Waals surface area (Å²) in [6.45, 7) is 3.53. The molecule has 4 rings (SSSR count). The molecule has 1 fully saturated rings. The molecule has 1 aliphatic carbocycles. The Bertz CT molecular complexity index is 603. The molecule has 0 unspecified atom stereocenters. The molecule has 104 valence electrons. The minimum Gasteiger partial charge on any atom is -0.347 e. The maximum Gasteiger partial charge on any atom is 0.152 e. The molecule has 6 nitrogen and oxygen atoms in total. The lowest BCUT2D eigenvalue weighted by Gasteiger charge is -2.28. The number of nitrogens with zero attached hydrogens (tertiary/aromatic N) is 5. The Morgan fingerprint density at radius 3 is 3.10 bits per heavy atom. The predicted octanol–water partition coefficient (Wildman–Crippen LogP) is 0.945. The highest BCUT2D eigenvalue weighted by Gasteiger charge is 2.21. The van der Waals surface area contributed by atoms with Crippen LogP contribution in [-0.4, -0.2) is 32.3 Å². The van der Waals surface area contributed by atoms with Crippen molar-refractivity contribution in [2.75, 3.05) is 11.4 Å². The summed E-state index contributed by atoms with van der Waals surface area (Å²) in [5, 5.41) is 11.6. The number of aromatic nitrogens is 4. The molecule has 1 N–H and O–H groups in total. The molecule has 2 aromatic heterocycles. The molecule has 0 radical (unpaired) electrons. The van der Waals surface area contributed by atoms with E-state index in [0.29, 0.717) is 6.04 Å². The number of fused-ring (bicyclic) bond motifs is 1. The van der Waals surface area contributed by atoms with E-state index in [2.05, 4.69) is 43.2 Å². The van der Waals surface area contributed by atoms with Crippen LogP contribution in [0.1, 0.15) is 24.4 Å². The second-order valence-corrected chi connectivity index (χ2v) is 5.50. The topological polar surface area (TPSA) is 58.9 Å². The number of pyridine rings is 1. The predicted molar refractivity (Wildman–Crippen MR) is 75.2 cm³/mol. The van der Waals surface area contributed by atoms with Gasteiger partial charge in [-0.25, -0.2) is 4.98 Å². The molecular formula is C14H18N6. The Balaban J connectivity index is 1.49. The van der Waals surface area contributed by atoms with Crippen LogP contribution in [0.25, 0.3) is 0 Å². The molecule has 3 heterocycles. The van der Waals surface area contributed by atoms with Gasteiger partial charge in [0.2, 0.25) is 0 Å². The molecule has 0 aromatic carbocycles. The summed E-state index contributed by atoms with van der Waals surface area (Å²) in [4.78, 5) is 7.03. The zero-order valence-corrected chi connectivity index (χ0v) is 11.4. The second kappa shape index (κ2) is 4.86. The van der Waals surface area contributed by atoms with Crippen LogP contribution in [0.2, 0.25) is 0 Å². The van der Waals surface area contributed by atoms with E-state index in [1.165, 1.54) is 12.8 Å². The van der Waals surface area contributed by atoms with Gasteiger partial charge < -0.3 is 14.8 Å². The zero-order chi connectivity index (χ0) is 13.4. The molecule has 6 heteroatoms. The fourth-order valence-corrected chi connectivity index (χ4v) is 2.54. The number of hydrogen-bond acceptors (Lipinski definition) is 5. The van der Waals surface area contributed by atoms with Gasteiger partial charge in [0.25, 0.3) is 0 Å². The fraction of sp³-hybridized carbons (Fsp3) is 0.500. The van der Waals surface area contributed by atoms with Crippen molar-refractivity contribution in [1.29, 1.82) is 0 Å². The molecule has 1 saturated carbocycles. The molecular weight excluding hydrogens is 252 g/mol. The van der Waals surface area contributed by atoms with Crippen molar-refractivity contribution < 1.29 is 0 Å². The van der Waals surface area contributed by atoms with Gasteiger partial charge in [-0.1, -0.05) is 6.07 Å². The molecule has 0 amide bonds. The van der Waals surface area contributed by atoms with Gasteiger partial charge in [0.05, 0.1) is 12.2 Å². The van der Waals surface area contributed by atoms with E-state index < -0.39 is 0 Å².